The first-order valence-electron chi connectivity index (χ1n) is 6.41. The van der Waals surface area contributed by atoms with Gasteiger partial charge in [0.05, 0.1) is 23.6 Å². The molecular formula is C15H17N3O2. The van der Waals surface area contributed by atoms with E-state index in [0.717, 1.165) is 0 Å². The molecule has 1 amide bonds. The van der Waals surface area contributed by atoms with Crippen LogP contribution < -0.4 is 4.74 Å². The third-order valence-corrected chi connectivity index (χ3v) is 2.79. The van der Waals surface area contributed by atoms with E-state index in [1.165, 1.54) is 0 Å². The molecule has 0 heterocycles. The maximum atomic E-state index is 12.0. The van der Waals surface area contributed by atoms with Crippen LogP contribution in [0, 0.1) is 28.6 Å². The number of amides is 1. The normalized spacial score (nSPS) is 11.0. The van der Waals surface area contributed by atoms with Crippen LogP contribution in [0.15, 0.2) is 24.3 Å². The lowest BCUT2D eigenvalue weighted by atomic mass is 10.2. The second kappa shape index (κ2) is 7.81. The predicted octanol–water partition coefficient (Wildman–Crippen LogP) is 1.95. The fourth-order valence-electron chi connectivity index (χ4n) is 1.64. The van der Waals surface area contributed by atoms with Crippen LogP contribution >= 0.6 is 0 Å². The maximum absolute atomic E-state index is 12.0. The van der Waals surface area contributed by atoms with Crippen molar-refractivity contribution < 1.29 is 9.53 Å². The van der Waals surface area contributed by atoms with Crippen LogP contribution in [-0.4, -0.2) is 30.5 Å². The number of carbonyl (C=O) groups is 1. The quantitative estimate of drug-likeness (QED) is 0.792. The number of hydrogen-bond acceptors (Lipinski definition) is 4. The Morgan fingerprint density at radius 2 is 2.00 bits per heavy atom. The molecule has 0 aromatic heterocycles. The maximum Gasteiger partial charge on any atom is 0.260 e. The highest BCUT2D eigenvalue weighted by Crippen LogP contribution is 2.11. The van der Waals surface area contributed by atoms with Crippen LogP contribution in [0.4, 0.5) is 0 Å². The Hall–Kier alpha value is -2.53. The van der Waals surface area contributed by atoms with E-state index in [0.29, 0.717) is 24.4 Å². The molecule has 1 unspecified atom stereocenters. The largest absolute Gasteiger partial charge is 0.484 e. The highest BCUT2D eigenvalue weighted by molar-refractivity contribution is 5.77. The summed E-state index contributed by atoms with van der Waals surface area (Å²) in [5, 5.41) is 17.5. The number of carbonyl (C=O) groups excluding carboxylic acids is 1. The zero-order valence-corrected chi connectivity index (χ0v) is 11.7. The summed E-state index contributed by atoms with van der Waals surface area (Å²) in [6, 6.07) is 10.7. The molecule has 0 N–H and O–H groups in total. The Labute approximate surface area is 119 Å². The van der Waals surface area contributed by atoms with E-state index in [1.54, 1.807) is 36.1 Å². The third kappa shape index (κ3) is 4.62. The fourth-order valence-corrected chi connectivity index (χ4v) is 1.64. The number of nitriles is 2. The molecule has 0 aliphatic rings. The summed E-state index contributed by atoms with van der Waals surface area (Å²) in [5.74, 6) is 0.189. The molecule has 0 aliphatic heterocycles. The van der Waals surface area contributed by atoms with Gasteiger partial charge in [-0.2, -0.15) is 10.5 Å². The van der Waals surface area contributed by atoms with Gasteiger partial charge in [0.25, 0.3) is 5.91 Å². The second-order valence-corrected chi connectivity index (χ2v) is 4.39. The van der Waals surface area contributed by atoms with Crippen LogP contribution in [-0.2, 0) is 4.79 Å². The van der Waals surface area contributed by atoms with E-state index in [9.17, 15) is 4.79 Å². The summed E-state index contributed by atoms with van der Waals surface area (Å²) < 4.78 is 5.38. The lowest BCUT2D eigenvalue weighted by Crippen LogP contribution is -2.37. The van der Waals surface area contributed by atoms with Gasteiger partial charge in [-0.15, -0.1) is 0 Å². The van der Waals surface area contributed by atoms with Gasteiger partial charge < -0.3 is 9.64 Å². The minimum atomic E-state index is -0.200. The van der Waals surface area contributed by atoms with Crippen molar-refractivity contribution in [2.45, 2.75) is 13.8 Å². The second-order valence-electron chi connectivity index (χ2n) is 4.39. The molecule has 20 heavy (non-hydrogen) atoms. The molecule has 0 spiro atoms. The lowest BCUT2D eigenvalue weighted by Gasteiger charge is -2.21. The molecule has 0 bridgehead atoms. The molecular weight excluding hydrogens is 254 g/mol. The van der Waals surface area contributed by atoms with Crippen LogP contribution in [0.25, 0.3) is 0 Å². The Bertz CT molecular complexity index is 526. The monoisotopic (exact) mass is 271 g/mol. The Balaban J connectivity index is 2.52. The lowest BCUT2D eigenvalue weighted by molar-refractivity contribution is -0.133. The summed E-state index contributed by atoms with van der Waals surface area (Å²) in [6.45, 7) is 4.52. The van der Waals surface area contributed by atoms with E-state index < -0.39 is 0 Å². The van der Waals surface area contributed by atoms with Crippen LogP contribution in [0.5, 0.6) is 5.75 Å². The first-order chi connectivity index (χ1) is 9.60. The van der Waals surface area contributed by atoms with Gasteiger partial charge in [-0.05, 0) is 38.1 Å². The highest BCUT2D eigenvalue weighted by Gasteiger charge is 2.15. The SMILES string of the molecule is CCN(CC(C)C#N)C(=O)COc1ccc(C#N)cc1. The summed E-state index contributed by atoms with van der Waals surface area (Å²) >= 11 is 0. The van der Waals surface area contributed by atoms with Crippen molar-refractivity contribution in [1.29, 1.82) is 10.5 Å². The summed E-state index contributed by atoms with van der Waals surface area (Å²) in [5.41, 5.74) is 0.543. The summed E-state index contributed by atoms with van der Waals surface area (Å²) in [6.07, 6.45) is 0. The highest BCUT2D eigenvalue weighted by atomic mass is 16.5. The summed E-state index contributed by atoms with van der Waals surface area (Å²) in [4.78, 5) is 13.6. The van der Waals surface area contributed by atoms with Crippen molar-refractivity contribution in [3.8, 4) is 17.9 Å². The molecule has 104 valence electrons. The molecule has 0 aliphatic carbocycles. The predicted molar refractivity (Wildman–Crippen MR) is 73.7 cm³/mol. The number of nitrogens with zero attached hydrogens (tertiary/aromatic N) is 3. The van der Waals surface area contributed by atoms with Crippen LogP contribution in [0.3, 0.4) is 0 Å². The number of hydrogen-bond donors (Lipinski definition) is 0. The van der Waals surface area contributed by atoms with Crippen molar-refractivity contribution in [3.05, 3.63) is 29.8 Å². The van der Waals surface area contributed by atoms with Crippen molar-refractivity contribution in [2.24, 2.45) is 5.92 Å². The standard InChI is InChI=1S/C15H17N3O2/c1-3-18(10-12(2)8-16)15(19)11-20-14-6-4-13(9-17)5-7-14/h4-7,12H,3,10-11H2,1-2H3. The van der Waals surface area contributed by atoms with Gasteiger partial charge in [0.15, 0.2) is 6.61 Å². The van der Waals surface area contributed by atoms with E-state index >= 15 is 0 Å². The van der Waals surface area contributed by atoms with E-state index in [1.807, 2.05) is 13.0 Å². The van der Waals surface area contributed by atoms with E-state index in [2.05, 4.69) is 6.07 Å². The van der Waals surface area contributed by atoms with Gasteiger partial charge in [-0.3, -0.25) is 4.79 Å². The first-order valence-corrected chi connectivity index (χ1v) is 6.41. The minimum absolute atomic E-state index is 0.0715. The number of ether oxygens (including phenoxy) is 1. The number of rotatable bonds is 6. The molecule has 0 saturated carbocycles. The van der Waals surface area contributed by atoms with Gasteiger partial charge in [0, 0.05) is 13.1 Å². The Morgan fingerprint density at radius 1 is 1.35 bits per heavy atom. The first kappa shape index (κ1) is 15.5. The number of benzene rings is 1. The molecule has 0 fully saturated rings. The van der Waals surface area contributed by atoms with Gasteiger partial charge in [-0.1, -0.05) is 0 Å². The fraction of sp³-hybridized carbons (Fsp3) is 0.400. The smallest absolute Gasteiger partial charge is 0.260 e. The minimum Gasteiger partial charge on any atom is -0.484 e. The molecule has 1 aromatic rings. The van der Waals surface area contributed by atoms with Gasteiger partial charge in [-0.25, -0.2) is 0 Å². The molecule has 1 rings (SSSR count). The van der Waals surface area contributed by atoms with Gasteiger partial charge in [0.2, 0.25) is 0 Å². The van der Waals surface area contributed by atoms with E-state index in [-0.39, 0.29) is 18.4 Å². The zero-order chi connectivity index (χ0) is 15.0. The van der Waals surface area contributed by atoms with Crippen molar-refractivity contribution in [3.63, 3.8) is 0 Å². The van der Waals surface area contributed by atoms with Gasteiger partial charge in [0.1, 0.15) is 5.75 Å². The summed E-state index contributed by atoms with van der Waals surface area (Å²) in [7, 11) is 0. The van der Waals surface area contributed by atoms with Crippen molar-refractivity contribution in [1.82, 2.24) is 4.90 Å². The molecule has 0 saturated heterocycles. The van der Waals surface area contributed by atoms with Crippen molar-refractivity contribution in [2.75, 3.05) is 19.7 Å². The Morgan fingerprint density at radius 3 is 2.50 bits per heavy atom. The Kier molecular flexibility index (Phi) is 6.06. The molecule has 1 aromatic carbocycles. The third-order valence-electron chi connectivity index (χ3n) is 2.79. The number of likely N-dealkylation sites (N-methyl/N-ethyl adjacent to an activating group) is 1. The molecule has 5 heteroatoms. The van der Waals surface area contributed by atoms with Gasteiger partial charge >= 0.3 is 0 Å². The molecule has 1 atom stereocenters. The van der Waals surface area contributed by atoms with Crippen molar-refractivity contribution >= 4 is 5.91 Å². The van der Waals surface area contributed by atoms with E-state index in [4.69, 9.17) is 15.3 Å². The zero-order valence-electron chi connectivity index (χ0n) is 11.7. The molecule has 5 nitrogen and oxygen atoms in total. The van der Waals surface area contributed by atoms with Crippen LogP contribution in [0.2, 0.25) is 0 Å². The average Bonchev–Trinajstić information content (AvgIpc) is 2.50. The topological polar surface area (TPSA) is 77.1 Å². The molecule has 0 radical (unpaired) electrons. The van der Waals surface area contributed by atoms with Crippen LogP contribution in [0.1, 0.15) is 19.4 Å². The average molecular weight is 271 g/mol.